The number of ether oxygens (including phenoxy) is 2. The lowest BCUT2D eigenvalue weighted by atomic mass is 10.0. The van der Waals surface area contributed by atoms with Crippen LogP contribution < -0.4 is 14.8 Å². The second-order valence-electron chi connectivity index (χ2n) is 5.05. The molecule has 0 aromatic heterocycles. The van der Waals surface area contributed by atoms with Crippen molar-refractivity contribution >= 4 is 22.4 Å². The highest BCUT2D eigenvalue weighted by molar-refractivity contribution is 6.15. The smallest absolute Gasteiger partial charge is 0.260 e. The number of hydrogen-bond donors (Lipinski definition) is 1. The fourth-order valence-corrected chi connectivity index (χ4v) is 2.53. The molecule has 0 spiro atoms. The molecule has 3 aromatic carbocycles. The number of para-hydroxylation sites is 1. The summed E-state index contributed by atoms with van der Waals surface area (Å²) in [5.41, 5.74) is 1.25. The minimum absolute atomic E-state index is 0.205. The van der Waals surface area contributed by atoms with Crippen molar-refractivity contribution < 1.29 is 14.3 Å². The molecule has 4 nitrogen and oxygen atoms in total. The van der Waals surface area contributed by atoms with Gasteiger partial charge in [0.1, 0.15) is 11.5 Å². The number of nitrogens with one attached hydrogen (secondary N) is 1. The number of hydrogen-bond acceptors (Lipinski definition) is 3. The zero-order valence-corrected chi connectivity index (χ0v) is 13.0. The second kappa shape index (κ2) is 6.40. The van der Waals surface area contributed by atoms with Crippen molar-refractivity contribution in [3.05, 3.63) is 66.2 Å². The summed E-state index contributed by atoms with van der Waals surface area (Å²) in [6.45, 7) is 0. The van der Waals surface area contributed by atoms with Gasteiger partial charge in [-0.15, -0.1) is 0 Å². The van der Waals surface area contributed by atoms with Gasteiger partial charge < -0.3 is 14.8 Å². The van der Waals surface area contributed by atoms with Gasteiger partial charge in [0.25, 0.3) is 5.91 Å². The molecule has 116 valence electrons. The first-order valence-corrected chi connectivity index (χ1v) is 7.24. The standard InChI is InChI=1S/C19H17NO3/c1-22-15-9-10-16-13(12-15)8-11-17(23-2)18(16)19(21)20-14-6-4-3-5-7-14/h3-12H,1-2H3,(H,20,21). The fraction of sp³-hybridized carbons (Fsp3) is 0.105. The van der Waals surface area contributed by atoms with E-state index in [1.165, 1.54) is 0 Å². The third-order valence-electron chi connectivity index (χ3n) is 3.67. The quantitative estimate of drug-likeness (QED) is 0.789. The topological polar surface area (TPSA) is 47.6 Å². The molecule has 0 saturated heterocycles. The molecule has 0 saturated carbocycles. The van der Waals surface area contributed by atoms with Gasteiger partial charge >= 0.3 is 0 Å². The van der Waals surface area contributed by atoms with Gasteiger partial charge in [-0.1, -0.05) is 24.3 Å². The van der Waals surface area contributed by atoms with Gasteiger partial charge in [-0.25, -0.2) is 0 Å². The van der Waals surface area contributed by atoms with Crippen molar-refractivity contribution in [1.29, 1.82) is 0 Å². The molecule has 0 aliphatic rings. The number of rotatable bonds is 4. The maximum Gasteiger partial charge on any atom is 0.260 e. The number of amides is 1. The van der Waals surface area contributed by atoms with E-state index in [1.54, 1.807) is 20.3 Å². The van der Waals surface area contributed by atoms with Gasteiger partial charge in [0.2, 0.25) is 0 Å². The molecule has 4 heteroatoms. The summed E-state index contributed by atoms with van der Waals surface area (Å²) in [7, 11) is 3.18. The van der Waals surface area contributed by atoms with E-state index in [1.807, 2.05) is 54.6 Å². The molecule has 0 fully saturated rings. The Morgan fingerprint density at radius 1 is 0.913 bits per heavy atom. The van der Waals surface area contributed by atoms with Crippen LogP contribution in [-0.4, -0.2) is 20.1 Å². The van der Waals surface area contributed by atoms with Gasteiger partial charge in [0.15, 0.2) is 0 Å². The molecule has 0 unspecified atom stereocenters. The highest BCUT2D eigenvalue weighted by Crippen LogP contribution is 2.31. The van der Waals surface area contributed by atoms with Gasteiger partial charge in [0, 0.05) is 5.69 Å². The Morgan fingerprint density at radius 3 is 2.39 bits per heavy atom. The number of benzene rings is 3. The van der Waals surface area contributed by atoms with E-state index in [0.717, 1.165) is 22.2 Å². The van der Waals surface area contributed by atoms with Crippen LogP contribution in [0.5, 0.6) is 11.5 Å². The molecule has 0 aliphatic heterocycles. The zero-order chi connectivity index (χ0) is 16.2. The summed E-state index contributed by atoms with van der Waals surface area (Å²) in [5.74, 6) is 1.08. The highest BCUT2D eigenvalue weighted by atomic mass is 16.5. The van der Waals surface area contributed by atoms with Crippen LogP contribution >= 0.6 is 0 Å². The van der Waals surface area contributed by atoms with Crippen molar-refractivity contribution in [2.45, 2.75) is 0 Å². The first-order chi connectivity index (χ1) is 11.2. The molecule has 0 aliphatic carbocycles. The molecule has 0 bridgehead atoms. The molecular formula is C19H17NO3. The summed E-state index contributed by atoms with van der Waals surface area (Å²) >= 11 is 0. The van der Waals surface area contributed by atoms with Crippen LogP contribution in [0, 0.1) is 0 Å². The van der Waals surface area contributed by atoms with Gasteiger partial charge in [0.05, 0.1) is 19.8 Å². The van der Waals surface area contributed by atoms with Crippen LogP contribution in [0.3, 0.4) is 0 Å². The van der Waals surface area contributed by atoms with Crippen molar-refractivity contribution in [3.8, 4) is 11.5 Å². The van der Waals surface area contributed by atoms with Crippen molar-refractivity contribution in [1.82, 2.24) is 0 Å². The van der Waals surface area contributed by atoms with E-state index >= 15 is 0 Å². The lowest BCUT2D eigenvalue weighted by molar-refractivity contribution is 0.102. The predicted molar refractivity (Wildman–Crippen MR) is 91.4 cm³/mol. The number of carbonyl (C=O) groups excluding carboxylic acids is 1. The maximum atomic E-state index is 12.7. The van der Waals surface area contributed by atoms with Gasteiger partial charge in [-0.05, 0) is 47.2 Å². The minimum atomic E-state index is -0.205. The summed E-state index contributed by atoms with van der Waals surface area (Å²) in [4.78, 5) is 12.7. The maximum absolute atomic E-state index is 12.7. The van der Waals surface area contributed by atoms with Gasteiger partial charge in [-0.3, -0.25) is 4.79 Å². The largest absolute Gasteiger partial charge is 0.497 e. The average Bonchev–Trinajstić information content (AvgIpc) is 2.60. The van der Waals surface area contributed by atoms with E-state index in [2.05, 4.69) is 5.32 Å². The Morgan fingerprint density at radius 2 is 1.70 bits per heavy atom. The molecule has 0 heterocycles. The summed E-state index contributed by atoms with van der Waals surface area (Å²) in [6, 6.07) is 18.7. The monoisotopic (exact) mass is 307 g/mol. The van der Waals surface area contributed by atoms with Crippen LogP contribution in [0.2, 0.25) is 0 Å². The summed E-state index contributed by atoms with van der Waals surface area (Å²) in [5, 5.41) is 4.64. The van der Waals surface area contributed by atoms with E-state index in [9.17, 15) is 4.79 Å². The first kappa shape index (κ1) is 14.9. The Hall–Kier alpha value is -3.01. The second-order valence-corrected chi connectivity index (χ2v) is 5.05. The summed E-state index contributed by atoms with van der Waals surface area (Å²) in [6.07, 6.45) is 0. The predicted octanol–water partition coefficient (Wildman–Crippen LogP) is 4.11. The number of carbonyl (C=O) groups is 1. The van der Waals surface area contributed by atoms with Crippen LogP contribution in [0.1, 0.15) is 10.4 Å². The van der Waals surface area contributed by atoms with E-state index in [0.29, 0.717) is 11.3 Å². The Bertz CT molecular complexity index is 844. The highest BCUT2D eigenvalue weighted by Gasteiger charge is 2.17. The Labute approximate surface area is 134 Å². The normalized spacial score (nSPS) is 10.3. The average molecular weight is 307 g/mol. The van der Waals surface area contributed by atoms with E-state index in [-0.39, 0.29) is 5.91 Å². The zero-order valence-electron chi connectivity index (χ0n) is 13.0. The lowest BCUT2D eigenvalue weighted by Crippen LogP contribution is -2.13. The van der Waals surface area contributed by atoms with E-state index in [4.69, 9.17) is 9.47 Å². The number of anilines is 1. The molecule has 3 rings (SSSR count). The number of fused-ring (bicyclic) bond motifs is 1. The van der Waals surface area contributed by atoms with Gasteiger partial charge in [-0.2, -0.15) is 0 Å². The molecule has 23 heavy (non-hydrogen) atoms. The van der Waals surface area contributed by atoms with E-state index < -0.39 is 0 Å². The molecule has 0 radical (unpaired) electrons. The third kappa shape index (κ3) is 2.97. The third-order valence-corrected chi connectivity index (χ3v) is 3.67. The lowest BCUT2D eigenvalue weighted by Gasteiger charge is -2.13. The van der Waals surface area contributed by atoms with Crippen LogP contribution in [0.4, 0.5) is 5.69 Å². The molecule has 3 aromatic rings. The van der Waals surface area contributed by atoms with Crippen LogP contribution in [0.15, 0.2) is 60.7 Å². The SMILES string of the molecule is COc1ccc2c(C(=O)Nc3ccccc3)c(OC)ccc2c1. The molecule has 1 N–H and O–H groups in total. The minimum Gasteiger partial charge on any atom is -0.497 e. The van der Waals surface area contributed by atoms with Crippen molar-refractivity contribution in [2.24, 2.45) is 0 Å². The van der Waals surface area contributed by atoms with Crippen LogP contribution in [-0.2, 0) is 0 Å². The Balaban J connectivity index is 2.08. The fourth-order valence-electron chi connectivity index (χ4n) is 2.53. The first-order valence-electron chi connectivity index (χ1n) is 7.24. The van der Waals surface area contributed by atoms with Crippen molar-refractivity contribution in [2.75, 3.05) is 19.5 Å². The van der Waals surface area contributed by atoms with Crippen LogP contribution in [0.25, 0.3) is 10.8 Å². The number of methoxy groups -OCH3 is 2. The van der Waals surface area contributed by atoms with Crippen molar-refractivity contribution in [3.63, 3.8) is 0 Å². The molecule has 0 atom stereocenters. The molecular weight excluding hydrogens is 290 g/mol. The Kier molecular flexibility index (Phi) is 4.15. The summed E-state index contributed by atoms with van der Waals surface area (Å²) < 4.78 is 10.6. The molecule has 1 amide bonds.